The van der Waals surface area contributed by atoms with Crippen LogP contribution < -0.4 is 20.7 Å². The van der Waals surface area contributed by atoms with Crippen molar-refractivity contribution in [2.24, 2.45) is 5.92 Å². The summed E-state index contributed by atoms with van der Waals surface area (Å²) >= 11 is 0. The van der Waals surface area contributed by atoms with E-state index in [2.05, 4.69) is 16.0 Å². The highest BCUT2D eigenvalue weighted by atomic mass is 32.2. The molecule has 3 unspecified atom stereocenters. The lowest BCUT2D eigenvalue weighted by Gasteiger charge is -2.25. The predicted octanol–water partition coefficient (Wildman–Crippen LogP) is 2.18. The Hall–Kier alpha value is -2.42. The fraction of sp³-hybridized carbons (Fsp3) is 0.458. The summed E-state index contributed by atoms with van der Waals surface area (Å²) < 4.78 is 31.6. The Morgan fingerprint density at radius 3 is 2.66 bits per heavy atom. The molecule has 2 aromatic carbocycles. The van der Waals surface area contributed by atoms with Crippen LogP contribution >= 0.6 is 0 Å². The average Bonchev–Trinajstić information content (AvgIpc) is 3.22. The SMILES string of the molecule is CCOc1ccc(S(=O)(=O)c2ccc(CNC(=O)C3CC4CNCCC4N3)cc2)c(C)c1. The number of sulfone groups is 1. The Morgan fingerprint density at radius 1 is 1.19 bits per heavy atom. The lowest BCUT2D eigenvalue weighted by Crippen LogP contribution is -2.45. The summed E-state index contributed by atoms with van der Waals surface area (Å²) in [5.41, 5.74) is 1.50. The molecule has 4 rings (SSSR count). The van der Waals surface area contributed by atoms with Gasteiger partial charge in [-0.25, -0.2) is 8.42 Å². The molecule has 7 nitrogen and oxygen atoms in total. The van der Waals surface area contributed by atoms with Gasteiger partial charge in [-0.15, -0.1) is 0 Å². The van der Waals surface area contributed by atoms with Crippen molar-refractivity contribution >= 4 is 15.7 Å². The van der Waals surface area contributed by atoms with Gasteiger partial charge in [0.1, 0.15) is 5.75 Å². The molecule has 0 aromatic heterocycles. The monoisotopic (exact) mass is 457 g/mol. The molecule has 3 N–H and O–H groups in total. The van der Waals surface area contributed by atoms with Crippen LogP contribution in [0.5, 0.6) is 5.75 Å². The van der Waals surface area contributed by atoms with Crippen molar-refractivity contribution in [2.45, 2.75) is 55.1 Å². The minimum absolute atomic E-state index is 0.00103. The van der Waals surface area contributed by atoms with Crippen molar-refractivity contribution in [2.75, 3.05) is 19.7 Å². The number of carbonyl (C=O) groups excluding carboxylic acids is 1. The molecule has 1 amide bonds. The van der Waals surface area contributed by atoms with Crippen molar-refractivity contribution in [1.29, 1.82) is 0 Å². The summed E-state index contributed by atoms with van der Waals surface area (Å²) in [6.45, 7) is 6.51. The van der Waals surface area contributed by atoms with Crippen LogP contribution in [0.4, 0.5) is 0 Å². The zero-order valence-electron chi connectivity index (χ0n) is 18.6. The molecular weight excluding hydrogens is 426 g/mol. The van der Waals surface area contributed by atoms with Crippen LogP contribution in [0.15, 0.2) is 52.3 Å². The molecule has 3 atom stereocenters. The van der Waals surface area contributed by atoms with Gasteiger partial charge in [-0.2, -0.15) is 0 Å². The van der Waals surface area contributed by atoms with Gasteiger partial charge in [0.05, 0.1) is 22.4 Å². The van der Waals surface area contributed by atoms with E-state index in [1.165, 1.54) is 0 Å². The number of ether oxygens (including phenoxy) is 1. The minimum atomic E-state index is -3.63. The number of carbonyl (C=O) groups is 1. The van der Waals surface area contributed by atoms with Crippen LogP contribution in [0.25, 0.3) is 0 Å². The molecule has 0 radical (unpaired) electrons. The van der Waals surface area contributed by atoms with Crippen LogP contribution in [-0.2, 0) is 21.2 Å². The van der Waals surface area contributed by atoms with E-state index < -0.39 is 9.84 Å². The van der Waals surface area contributed by atoms with Crippen LogP contribution in [0.2, 0.25) is 0 Å². The highest BCUT2D eigenvalue weighted by molar-refractivity contribution is 7.91. The number of rotatable bonds is 7. The van der Waals surface area contributed by atoms with E-state index in [0.29, 0.717) is 36.4 Å². The summed E-state index contributed by atoms with van der Waals surface area (Å²) in [7, 11) is -3.63. The summed E-state index contributed by atoms with van der Waals surface area (Å²) in [6.07, 6.45) is 1.90. The van der Waals surface area contributed by atoms with E-state index in [9.17, 15) is 13.2 Å². The van der Waals surface area contributed by atoms with Gasteiger partial charge in [-0.1, -0.05) is 12.1 Å². The Bertz CT molecular complexity index is 1060. The molecule has 2 saturated heterocycles. The van der Waals surface area contributed by atoms with E-state index >= 15 is 0 Å². The van der Waals surface area contributed by atoms with Gasteiger partial charge in [0.2, 0.25) is 15.7 Å². The molecular formula is C24H31N3O4S. The smallest absolute Gasteiger partial charge is 0.237 e. The molecule has 0 bridgehead atoms. The maximum atomic E-state index is 13.1. The number of hydrogen-bond donors (Lipinski definition) is 3. The fourth-order valence-electron chi connectivity index (χ4n) is 4.61. The van der Waals surface area contributed by atoms with E-state index in [-0.39, 0.29) is 21.7 Å². The number of nitrogens with one attached hydrogen (secondary N) is 3. The van der Waals surface area contributed by atoms with E-state index in [1.54, 1.807) is 49.4 Å². The standard InChI is InChI=1S/C24H31N3O4S/c1-3-31-19-6-9-23(16(2)12-19)32(29,30)20-7-4-17(5-8-20)14-26-24(28)22-13-18-15-25-11-10-21(18)27-22/h4-9,12,18,21-22,25,27H,3,10-11,13-15H2,1-2H3,(H,26,28). The molecule has 2 aromatic rings. The lowest BCUT2D eigenvalue weighted by molar-refractivity contribution is -0.123. The third-order valence-corrected chi connectivity index (χ3v) is 8.26. The zero-order valence-corrected chi connectivity index (χ0v) is 19.4. The second kappa shape index (κ2) is 9.60. The van der Waals surface area contributed by atoms with Gasteiger partial charge < -0.3 is 20.7 Å². The number of fused-ring (bicyclic) bond motifs is 1. The van der Waals surface area contributed by atoms with Crippen LogP contribution in [-0.4, -0.2) is 46.1 Å². The Labute approximate surface area is 189 Å². The molecule has 32 heavy (non-hydrogen) atoms. The van der Waals surface area contributed by atoms with Crippen LogP contribution in [0.3, 0.4) is 0 Å². The molecule has 0 spiro atoms. The molecule has 172 valence electrons. The number of benzene rings is 2. The van der Waals surface area contributed by atoms with Crippen molar-refractivity contribution in [3.8, 4) is 5.75 Å². The summed E-state index contributed by atoms with van der Waals surface area (Å²) in [6, 6.07) is 12.0. The first-order chi connectivity index (χ1) is 15.4. The number of amides is 1. The third-order valence-electron chi connectivity index (χ3n) is 6.33. The molecule has 2 fully saturated rings. The van der Waals surface area contributed by atoms with Gasteiger partial charge in [-0.3, -0.25) is 4.79 Å². The van der Waals surface area contributed by atoms with E-state index in [1.807, 2.05) is 6.92 Å². The van der Waals surface area contributed by atoms with Crippen LogP contribution in [0, 0.1) is 12.8 Å². The number of aryl methyl sites for hydroxylation is 1. The molecule has 2 aliphatic heterocycles. The van der Waals surface area contributed by atoms with Crippen LogP contribution in [0.1, 0.15) is 30.9 Å². The van der Waals surface area contributed by atoms with Crippen molar-refractivity contribution in [3.05, 3.63) is 53.6 Å². The topological polar surface area (TPSA) is 96.5 Å². The second-order valence-corrected chi connectivity index (χ2v) is 10.5. The average molecular weight is 458 g/mol. The minimum Gasteiger partial charge on any atom is -0.494 e. The second-order valence-electron chi connectivity index (χ2n) is 8.54. The maximum Gasteiger partial charge on any atom is 0.237 e. The van der Waals surface area contributed by atoms with Gasteiger partial charge in [-0.05, 0) is 87.2 Å². The molecule has 0 saturated carbocycles. The quantitative estimate of drug-likeness (QED) is 0.590. The summed E-state index contributed by atoms with van der Waals surface area (Å²) in [5.74, 6) is 1.17. The number of piperidine rings is 1. The Balaban J connectivity index is 1.38. The molecule has 2 heterocycles. The summed E-state index contributed by atoms with van der Waals surface area (Å²) in [5, 5.41) is 9.82. The first kappa shape index (κ1) is 22.8. The van der Waals surface area contributed by atoms with E-state index in [0.717, 1.165) is 31.5 Å². The highest BCUT2D eigenvalue weighted by Crippen LogP contribution is 2.27. The maximum absolute atomic E-state index is 13.1. The van der Waals surface area contributed by atoms with Gasteiger partial charge >= 0.3 is 0 Å². The van der Waals surface area contributed by atoms with Crippen molar-refractivity contribution in [1.82, 2.24) is 16.0 Å². The third kappa shape index (κ3) is 4.82. The van der Waals surface area contributed by atoms with Gasteiger partial charge in [0.25, 0.3) is 0 Å². The van der Waals surface area contributed by atoms with Gasteiger partial charge in [0.15, 0.2) is 0 Å². The lowest BCUT2D eigenvalue weighted by atomic mass is 9.94. The van der Waals surface area contributed by atoms with Crippen molar-refractivity contribution < 1.29 is 17.9 Å². The predicted molar refractivity (Wildman–Crippen MR) is 122 cm³/mol. The fourth-order valence-corrected chi connectivity index (χ4v) is 6.09. The highest BCUT2D eigenvalue weighted by Gasteiger charge is 2.38. The van der Waals surface area contributed by atoms with Crippen molar-refractivity contribution in [3.63, 3.8) is 0 Å². The Kier molecular flexibility index (Phi) is 6.83. The van der Waals surface area contributed by atoms with E-state index in [4.69, 9.17) is 4.74 Å². The van der Waals surface area contributed by atoms with Gasteiger partial charge in [0, 0.05) is 12.6 Å². The Morgan fingerprint density at radius 2 is 1.97 bits per heavy atom. The zero-order chi connectivity index (χ0) is 22.7. The number of hydrogen-bond acceptors (Lipinski definition) is 6. The summed E-state index contributed by atoms with van der Waals surface area (Å²) in [4.78, 5) is 13.1. The first-order valence-corrected chi connectivity index (χ1v) is 12.7. The normalized spacial score (nSPS) is 22.9. The molecule has 8 heteroatoms. The molecule has 0 aliphatic carbocycles. The largest absolute Gasteiger partial charge is 0.494 e. The molecule has 2 aliphatic rings. The first-order valence-electron chi connectivity index (χ1n) is 11.2.